The maximum Gasteiger partial charge on any atom is 0.327 e. The van der Waals surface area contributed by atoms with Gasteiger partial charge in [0, 0.05) is 18.9 Å². The van der Waals surface area contributed by atoms with Crippen LogP contribution < -0.4 is 10.6 Å². The summed E-state index contributed by atoms with van der Waals surface area (Å²) in [5, 5.41) is 14.3. The number of nitrogens with one attached hydrogen (secondary N) is 2. The number of hydrogen-bond donors (Lipinski definition) is 3. The molecule has 0 radical (unpaired) electrons. The van der Waals surface area contributed by atoms with E-state index in [-0.39, 0.29) is 12.3 Å². The average Bonchev–Trinajstić information content (AvgIpc) is 2.23. The van der Waals surface area contributed by atoms with Crippen LogP contribution in [0.2, 0.25) is 0 Å². The van der Waals surface area contributed by atoms with Crippen LogP contribution in [0.3, 0.4) is 0 Å². The highest BCUT2D eigenvalue weighted by Gasteiger charge is 2.18. The first-order chi connectivity index (χ1) is 7.97. The molecule has 3 N–H and O–H groups in total. The number of rotatable bonds is 8. The van der Waals surface area contributed by atoms with Crippen molar-refractivity contribution in [2.75, 3.05) is 6.54 Å². The van der Waals surface area contributed by atoms with E-state index < -0.39 is 12.0 Å². The lowest BCUT2D eigenvalue weighted by Gasteiger charge is -2.12. The lowest BCUT2D eigenvalue weighted by molar-refractivity contribution is -0.141. The van der Waals surface area contributed by atoms with Crippen LogP contribution in [0.1, 0.15) is 33.1 Å². The van der Waals surface area contributed by atoms with E-state index in [1.54, 1.807) is 0 Å². The van der Waals surface area contributed by atoms with Gasteiger partial charge in [-0.2, -0.15) is 0 Å². The molecule has 0 heterocycles. The summed E-state index contributed by atoms with van der Waals surface area (Å²) in [5.41, 5.74) is 0. The van der Waals surface area contributed by atoms with Crippen molar-refractivity contribution in [3.05, 3.63) is 0 Å². The average molecular weight is 240 g/mol. The van der Waals surface area contributed by atoms with E-state index in [0.717, 1.165) is 6.54 Å². The number of carbonyl (C=O) groups excluding carboxylic acids is 1. The molecule has 0 saturated heterocycles. The molecule has 5 nitrogen and oxygen atoms in total. The van der Waals surface area contributed by atoms with Gasteiger partial charge in [0.15, 0.2) is 0 Å². The molecule has 5 heteroatoms. The van der Waals surface area contributed by atoms with Crippen LogP contribution in [-0.4, -0.2) is 35.6 Å². The van der Waals surface area contributed by atoms with Crippen LogP contribution in [0.15, 0.2) is 0 Å². The van der Waals surface area contributed by atoms with Gasteiger partial charge in [-0.25, -0.2) is 4.79 Å². The fourth-order valence-corrected chi connectivity index (χ4v) is 1.22. The number of hydrogen-bond acceptors (Lipinski definition) is 3. The highest BCUT2D eigenvalue weighted by molar-refractivity contribution is 5.83. The number of amides is 1. The Labute approximate surface area is 102 Å². The van der Waals surface area contributed by atoms with Gasteiger partial charge >= 0.3 is 5.97 Å². The summed E-state index contributed by atoms with van der Waals surface area (Å²) in [6.45, 7) is 4.78. The maximum atomic E-state index is 11.4. The lowest BCUT2D eigenvalue weighted by Crippen LogP contribution is -2.40. The number of carboxylic acids is 1. The minimum atomic E-state index is -1.10. The molecule has 0 bridgehead atoms. The topological polar surface area (TPSA) is 78.4 Å². The summed E-state index contributed by atoms with van der Waals surface area (Å²) < 4.78 is 0. The highest BCUT2D eigenvalue weighted by atomic mass is 16.4. The molecule has 0 aliphatic rings. The first-order valence-corrected chi connectivity index (χ1v) is 5.66. The van der Waals surface area contributed by atoms with Crippen molar-refractivity contribution in [2.45, 2.75) is 45.2 Å². The Hall–Kier alpha value is -1.54. The fourth-order valence-electron chi connectivity index (χ4n) is 1.22. The highest BCUT2D eigenvalue weighted by Crippen LogP contribution is 1.94. The molecule has 0 aromatic rings. The third kappa shape index (κ3) is 8.29. The molecule has 0 fully saturated rings. The molecule has 1 atom stereocenters. The molecule has 0 saturated carbocycles. The summed E-state index contributed by atoms with van der Waals surface area (Å²) in [7, 11) is 0. The van der Waals surface area contributed by atoms with Gasteiger partial charge in [-0.3, -0.25) is 4.79 Å². The normalized spacial score (nSPS) is 11.9. The van der Waals surface area contributed by atoms with Crippen molar-refractivity contribution in [3.8, 4) is 12.3 Å². The first kappa shape index (κ1) is 15.5. The van der Waals surface area contributed by atoms with Gasteiger partial charge in [0.1, 0.15) is 6.04 Å². The second-order valence-electron chi connectivity index (χ2n) is 4.08. The Morgan fingerprint density at radius 1 is 1.41 bits per heavy atom. The summed E-state index contributed by atoms with van der Waals surface area (Å²) in [5.74, 6) is 0.849. The fraction of sp³-hybridized carbons (Fsp3) is 0.667. The predicted octanol–water partition coefficient (Wildman–Crippen LogP) is 0.357. The van der Waals surface area contributed by atoms with Crippen molar-refractivity contribution >= 4 is 11.9 Å². The molecule has 0 spiro atoms. The molecular weight excluding hydrogens is 220 g/mol. The lowest BCUT2D eigenvalue weighted by atomic mass is 10.2. The second-order valence-corrected chi connectivity index (χ2v) is 4.08. The van der Waals surface area contributed by atoms with Gasteiger partial charge < -0.3 is 15.7 Å². The zero-order valence-corrected chi connectivity index (χ0v) is 10.3. The van der Waals surface area contributed by atoms with Gasteiger partial charge in [-0.15, -0.1) is 12.3 Å². The standard InChI is InChI=1S/C12H20N2O3/c1-4-6-10(12(16)17)14-11(15)7-5-8-13-9(2)3/h1,9-10,13H,5-8H2,2-3H3,(H,14,15)(H,16,17). The van der Waals surface area contributed by atoms with E-state index in [9.17, 15) is 9.59 Å². The molecule has 0 rings (SSSR count). The van der Waals surface area contributed by atoms with Crippen LogP contribution in [0.4, 0.5) is 0 Å². The SMILES string of the molecule is C#CCC(NC(=O)CCCNC(C)C)C(=O)O. The monoisotopic (exact) mass is 240 g/mol. The number of aliphatic carboxylic acids is 1. The second kappa shape index (κ2) is 8.59. The quantitative estimate of drug-likeness (QED) is 0.423. The molecule has 17 heavy (non-hydrogen) atoms. The third-order valence-corrected chi connectivity index (χ3v) is 2.09. The molecule has 0 aromatic carbocycles. The van der Waals surface area contributed by atoms with E-state index in [2.05, 4.69) is 16.6 Å². The summed E-state index contributed by atoms with van der Waals surface area (Å²) in [4.78, 5) is 22.1. The van der Waals surface area contributed by atoms with Crippen LogP contribution in [0.5, 0.6) is 0 Å². The predicted molar refractivity (Wildman–Crippen MR) is 65.4 cm³/mol. The Kier molecular flexibility index (Phi) is 7.82. The van der Waals surface area contributed by atoms with E-state index in [1.165, 1.54) is 0 Å². The Balaban J connectivity index is 3.83. The minimum absolute atomic E-state index is 0.00528. The largest absolute Gasteiger partial charge is 0.480 e. The van der Waals surface area contributed by atoms with Crippen LogP contribution in [-0.2, 0) is 9.59 Å². The van der Waals surface area contributed by atoms with Gasteiger partial charge in [-0.05, 0) is 13.0 Å². The first-order valence-electron chi connectivity index (χ1n) is 5.66. The molecule has 1 unspecified atom stereocenters. The van der Waals surface area contributed by atoms with Gasteiger partial charge in [0.05, 0.1) is 0 Å². The molecule has 0 aliphatic heterocycles. The maximum absolute atomic E-state index is 11.4. The zero-order valence-electron chi connectivity index (χ0n) is 10.3. The third-order valence-electron chi connectivity index (χ3n) is 2.09. The van der Waals surface area contributed by atoms with Crippen LogP contribution in [0, 0.1) is 12.3 Å². The van der Waals surface area contributed by atoms with Crippen LogP contribution in [0.25, 0.3) is 0 Å². The number of carbonyl (C=O) groups is 2. The van der Waals surface area contributed by atoms with E-state index in [1.807, 2.05) is 13.8 Å². The van der Waals surface area contributed by atoms with E-state index in [4.69, 9.17) is 11.5 Å². The number of carboxylic acid groups (broad SMARTS) is 1. The zero-order chi connectivity index (χ0) is 13.3. The molecule has 96 valence electrons. The summed E-state index contributed by atoms with van der Waals surface area (Å²) in [6, 6.07) is -0.600. The van der Waals surface area contributed by atoms with Crippen molar-refractivity contribution in [1.29, 1.82) is 0 Å². The van der Waals surface area contributed by atoms with E-state index in [0.29, 0.717) is 18.9 Å². The smallest absolute Gasteiger partial charge is 0.327 e. The molecule has 0 aromatic heterocycles. The van der Waals surface area contributed by atoms with Gasteiger partial charge in [0.2, 0.25) is 5.91 Å². The Morgan fingerprint density at radius 2 is 2.06 bits per heavy atom. The van der Waals surface area contributed by atoms with Crippen molar-refractivity contribution in [2.24, 2.45) is 0 Å². The van der Waals surface area contributed by atoms with Gasteiger partial charge in [-0.1, -0.05) is 13.8 Å². The van der Waals surface area contributed by atoms with Crippen molar-refractivity contribution < 1.29 is 14.7 Å². The van der Waals surface area contributed by atoms with E-state index >= 15 is 0 Å². The minimum Gasteiger partial charge on any atom is -0.480 e. The molecule has 1 amide bonds. The summed E-state index contributed by atoms with van der Waals surface area (Å²) in [6.07, 6.45) is 6.00. The summed E-state index contributed by atoms with van der Waals surface area (Å²) >= 11 is 0. The van der Waals surface area contributed by atoms with Crippen LogP contribution >= 0.6 is 0 Å². The molecule has 0 aliphatic carbocycles. The van der Waals surface area contributed by atoms with Crippen molar-refractivity contribution in [3.63, 3.8) is 0 Å². The molecular formula is C12H20N2O3. The van der Waals surface area contributed by atoms with Gasteiger partial charge in [0.25, 0.3) is 0 Å². The number of terminal acetylenes is 1. The Morgan fingerprint density at radius 3 is 2.53 bits per heavy atom. The van der Waals surface area contributed by atoms with Crippen molar-refractivity contribution in [1.82, 2.24) is 10.6 Å². The Bertz CT molecular complexity index is 295.